The van der Waals surface area contributed by atoms with E-state index in [0.29, 0.717) is 46.9 Å². The Balaban J connectivity index is 1.61. The van der Waals surface area contributed by atoms with E-state index in [9.17, 15) is 4.39 Å². The summed E-state index contributed by atoms with van der Waals surface area (Å²) in [5, 5.41) is 6.69. The fourth-order valence-electron chi connectivity index (χ4n) is 3.88. The van der Waals surface area contributed by atoms with Gasteiger partial charge >= 0.3 is 0 Å². The smallest absolute Gasteiger partial charge is 0.179 e. The summed E-state index contributed by atoms with van der Waals surface area (Å²) in [4.78, 5) is 13.6. The minimum absolute atomic E-state index is 0.225. The molecule has 1 aliphatic heterocycles. The topological polar surface area (TPSA) is 114 Å². The number of hydrogen-bond donors (Lipinski definition) is 4. The molecule has 0 saturated heterocycles. The molecule has 0 bridgehead atoms. The summed E-state index contributed by atoms with van der Waals surface area (Å²) in [6, 6.07) is 7.02. The van der Waals surface area contributed by atoms with Crippen LogP contribution in [0.2, 0.25) is 0 Å². The minimum atomic E-state index is -0.630. The van der Waals surface area contributed by atoms with E-state index >= 15 is 0 Å². The van der Waals surface area contributed by atoms with Gasteiger partial charge in [-0.15, -0.1) is 0 Å². The zero-order valence-electron chi connectivity index (χ0n) is 19.1. The Hall–Kier alpha value is -3.68. The van der Waals surface area contributed by atoms with Crippen molar-refractivity contribution in [2.75, 3.05) is 11.1 Å². The van der Waals surface area contributed by atoms with Crippen LogP contribution in [0.1, 0.15) is 50.1 Å². The molecule has 1 saturated carbocycles. The maximum absolute atomic E-state index is 13.9. The second-order valence-corrected chi connectivity index (χ2v) is 8.63. The number of benzene rings is 1. The zero-order chi connectivity index (χ0) is 23.8. The van der Waals surface area contributed by atoms with Gasteiger partial charge in [-0.3, -0.25) is 4.99 Å². The summed E-state index contributed by atoms with van der Waals surface area (Å²) < 4.78 is 13.9. The van der Waals surface area contributed by atoms with Crippen molar-refractivity contribution >= 4 is 23.0 Å². The second-order valence-electron chi connectivity index (χ2n) is 8.63. The van der Waals surface area contributed by atoms with Gasteiger partial charge in [0.2, 0.25) is 0 Å². The number of hydrogen-bond acceptors (Lipinski definition) is 7. The monoisotopic (exact) mass is 447 g/mol. The fraction of sp³-hybridized carbons (Fsp3) is 0.320. The number of aromatic nitrogens is 2. The summed E-state index contributed by atoms with van der Waals surface area (Å²) in [5.74, 6) is 0.903. The summed E-state index contributed by atoms with van der Waals surface area (Å²) >= 11 is 0. The Labute approximate surface area is 193 Å². The predicted molar refractivity (Wildman–Crippen MR) is 132 cm³/mol. The normalized spacial score (nSPS) is 20.4. The van der Waals surface area contributed by atoms with Crippen LogP contribution in [0.4, 0.5) is 16.0 Å². The number of halogens is 1. The highest BCUT2D eigenvalue weighted by Crippen LogP contribution is 2.48. The lowest BCUT2D eigenvalue weighted by Gasteiger charge is -2.29. The van der Waals surface area contributed by atoms with Crippen molar-refractivity contribution in [1.29, 1.82) is 0 Å². The van der Waals surface area contributed by atoms with Crippen LogP contribution in [0.15, 0.2) is 59.9 Å². The lowest BCUT2D eigenvalue weighted by atomic mass is 9.80. The predicted octanol–water partition coefficient (Wildman–Crippen LogP) is 4.01. The van der Waals surface area contributed by atoms with Crippen molar-refractivity contribution in [1.82, 2.24) is 15.3 Å². The first kappa shape index (κ1) is 22.5. The molecule has 0 amide bonds. The lowest BCUT2D eigenvalue weighted by molar-refractivity contribution is 0.604. The first-order valence-electron chi connectivity index (χ1n) is 11.1. The molecule has 2 aliphatic rings. The van der Waals surface area contributed by atoms with E-state index < -0.39 is 5.41 Å². The highest BCUT2D eigenvalue weighted by molar-refractivity contribution is 6.00. The van der Waals surface area contributed by atoms with Crippen molar-refractivity contribution in [3.05, 3.63) is 77.7 Å². The third-order valence-corrected chi connectivity index (χ3v) is 6.22. The van der Waals surface area contributed by atoms with Gasteiger partial charge in [-0.1, -0.05) is 38.3 Å². The van der Waals surface area contributed by atoms with Gasteiger partial charge in [0.25, 0.3) is 0 Å². The van der Waals surface area contributed by atoms with Crippen molar-refractivity contribution in [2.45, 2.75) is 51.1 Å². The van der Waals surface area contributed by atoms with Gasteiger partial charge in [-0.2, -0.15) is 0 Å². The van der Waals surface area contributed by atoms with Crippen LogP contribution in [0.3, 0.4) is 0 Å². The summed E-state index contributed by atoms with van der Waals surface area (Å²) in [6.07, 6.45) is 4.59. The molecule has 8 heteroatoms. The van der Waals surface area contributed by atoms with Crippen LogP contribution in [-0.2, 0) is 12.0 Å². The molecule has 2 aromatic rings. The van der Waals surface area contributed by atoms with E-state index in [1.807, 2.05) is 13.8 Å². The van der Waals surface area contributed by atoms with Crippen LogP contribution in [0.25, 0.3) is 5.70 Å². The van der Waals surface area contributed by atoms with Crippen LogP contribution >= 0.6 is 0 Å². The molecule has 2 heterocycles. The Morgan fingerprint density at radius 1 is 1.36 bits per heavy atom. The number of nitrogen functional groups attached to an aromatic ring is 1. The number of allylic oxidation sites excluding steroid dienone is 1. The standard InChI is InChI=1S/C25H30FN7/c1-5-17(29-13-16-8-6-7-9-19(16)26)12-20(27)23-32-22(28)21-24(33-23)31-15(3)25(21,4)14(2)30-18-10-11-18/h6-9,12,18,30H,2-3,5,10-11,13,27H2,1,4H3,(H3,28,31,32,33). The zero-order valence-corrected chi connectivity index (χ0v) is 19.1. The minimum Gasteiger partial charge on any atom is -0.396 e. The number of fused-ring (bicyclic) bond motifs is 1. The number of rotatable bonds is 8. The van der Waals surface area contributed by atoms with E-state index in [4.69, 9.17) is 11.5 Å². The van der Waals surface area contributed by atoms with Gasteiger partial charge in [-0.05, 0) is 38.3 Å². The summed E-state index contributed by atoms with van der Waals surface area (Å²) in [7, 11) is 0. The van der Waals surface area contributed by atoms with E-state index in [-0.39, 0.29) is 12.4 Å². The van der Waals surface area contributed by atoms with E-state index in [1.54, 1.807) is 24.3 Å². The number of nitrogens with one attached hydrogen (secondary N) is 2. The van der Waals surface area contributed by atoms with Crippen LogP contribution in [0.5, 0.6) is 0 Å². The number of anilines is 2. The summed E-state index contributed by atoms with van der Waals surface area (Å²) in [6.45, 7) is 12.6. The van der Waals surface area contributed by atoms with Gasteiger partial charge in [0.15, 0.2) is 5.82 Å². The van der Waals surface area contributed by atoms with Crippen molar-refractivity contribution in [3.8, 4) is 0 Å². The van der Waals surface area contributed by atoms with Gasteiger partial charge in [0.1, 0.15) is 17.5 Å². The molecular weight excluding hydrogens is 417 g/mol. The Morgan fingerprint density at radius 2 is 2.09 bits per heavy atom. The van der Waals surface area contributed by atoms with Crippen molar-refractivity contribution < 1.29 is 4.39 Å². The quantitative estimate of drug-likeness (QED) is 0.455. The molecule has 1 atom stereocenters. The molecule has 6 N–H and O–H groups in total. The third kappa shape index (κ3) is 4.33. The average molecular weight is 448 g/mol. The van der Waals surface area contributed by atoms with Gasteiger partial charge in [0, 0.05) is 28.7 Å². The largest absolute Gasteiger partial charge is 0.396 e. The van der Waals surface area contributed by atoms with Crippen molar-refractivity contribution in [3.63, 3.8) is 0 Å². The maximum Gasteiger partial charge on any atom is 0.179 e. The van der Waals surface area contributed by atoms with Crippen LogP contribution in [-0.4, -0.2) is 21.7 Å². The van der Waals surface area contributed by atoms with E-state index in [2.05, 4.69) is 38.8 Å². The molecule has 33 heavy (non-hydrogen) atoms. The molecule has 1 aromatic carbocycles. The number of nitrogens with zero attached hydrogens (tertiary/aromatic N) is 3. The molecule has 1 aromatic heterocycles. The molecule has 4 rings (SSSR count). The van der Waals surface area contributed by atoms with Crippen molar-refractivity contribution in [2.24, 2.45) is 10.7 Å². The van der Waals surface area contributed by atoms with Crippen LogP contribution in [0, 0.1) is 5.82 Å². The molecular formula is C25H30FN7. The van der Waals surface area contributed by atoms with Gasteiger partial charge in [0.05, 0.1) is 23.2 Å². The SMILES string of the molecule is C=C1Nc2nc(C(N)=CC(CC)=NCc3ccccc3F)nc(N)c2C1(C)C(=C)NC1CC1. The fourth-order valence-corrected chi connectivity index (χ4v) is 3.88. The molecule has 0 radical (unpaired) electrons. The maximum atomic E-state index is 13.9. The molecule has 0 spiro atoms. The molecule has 1 unspecified atom stereocenters. The van der Waals surface area contributed by atoms with E-state index in [0.717, 1.165) is 29.8 Å². The van der Waals surface area contributed by atoms with Gasteiger partial charge in [-0.25, -0.2) is 14.4 Å². The van der Waals surface area contributed by atoms with Crippen LogP contribution < -0.4 is 22.1 Å². The molecule has 172 valence electrons. The highest BCUT2D eigenvalue weighted by Gasteiger charge is 2.45. The molecule has 1 fully saturated rings. The second kappa shape index (κ2) is 8.69. The Bertz CT molecular complexity index is 1180. The van der Waals surface area contributed by atoms with E-state index in [1.165, 1.54) is 6.07 Å². The lowest BCUT2D eigenvalue weighted by Crippen LogP contribution is -2.34. The number of nitrogens with two attached hydrogens (primary N) is 2. The van der Waals surface area contributed by atoms with Gasteiger partial charge < -0.3 is 22.1 Å². The first-order chi connectivity index (χ1) is 15.7. The molecule has 1 aliphatic carbocycles. The highest BCUT2D eigenvalue weighted by atomic mass is 19.1. The number of aliphatic imine (C=N–C) groups is 1. The Kier molecular flexibility index (Phi) is 5.93. The first-order valence-corrected chi connectivity index (χ1v) is 11.1. The summed E-state index contributed by atoms with van der Waals surface area (Å²) in [5.41, 5.74) is 15.9. The molecule has 7 nitrogen and oxygen atoms in total. The third-order valence-electron chi connectivity index (χ3n) is 6.22. The average Bonchev–Trinajstić information content (AvgIpc) is 3.55. The Morgan fingerprint density at radius 3 is 2.76 bits per heavy atom.